The SMILES string of the molecule is Cc1nccc(N2C[C@@H]3C[C@H](C2)c2ccc(C(=O)NCc4nccn4C)c(=O)n2C3)n1. The van der Waals surface area contributed by atoms with Crippen molar-refractivity contribution >= 4 is 11.7 Å². The smallest absolute Gasteiger partial charge is 0.263 e. The Balaban J connectivity index is 1.37. The highest BCUT2D eigenvalue weighted by atomic mass is 16.2. The monoisotopic (exact) mass is 419 g/mol. The average molecular weight is 419 g/mol. The molecule has 5 rings (SSSR count). The lowest BCUT2D eigenvalue weighted by Gasteiger charge is -2.43. The molecule has 0 aliphatic carbocycles. The van der Waals surface area contributed by atoms with E-state index in [1.54, 1.807) is 23.0 Å². The number of carbonyl (C=O) groups excluding carboxylic acids is 1. The van der Waals surface area contributed by atoms with Crippen LogP contribution in [-0.2, 0) is 20.1 Å². The summed E-state index contributed by atoms with van der Waals surface area (Å²) in [4.78, 5) is 41.1. The van der Waals surface area contributed by atoms with E-state index in [0.717, 1.165) is 42.7 Å². The summed E-state index contributed by atoms with van der Waals surface area (Å²) in [7, 11) is 1.87. The molecule has 0 unspecified atom stereocenters. The number of hydrogen-bond donors (Lipinski definition) is 1. The van der Waals surface area contributed by atoms with Crippen LogP contribution in [0.15, 0.2) is 41.6 Å². The van der Waals surface area contributed by atoms with Gasteiger partial charge in [-0.15, -0.1) is 0 Å². The number of anilines is 1. The summed E-state index contributed by atoms with van der Waals surface area (Å²) in [6, 6.07) is 5.54. The molecular formula is C22H25N7O2. The summed E-state index contributed by atoms with van der Waals surface area (Å²) in [6.07, 6.45) is 6.33. The van der Waals surface area contributed by atoms with Crippen LogP contribution in [0.3, 0.4) is 0 Å². The van der Waals surface area contributed by atoms with E-state index in [4.69, 9.17) is 0 Å². The summed E-state index contributed by atoms with van der Waals surface area (Å²) >= 11 is 0. The van der Waals surface area contributed by atoms with Gasteiger partial charge in [-0.05, 0) is 37.5 Å². The van der Waals surface area contributed by atoms with Crippen LogP contribution in [0.2, 0.25) is 0 Å². The topological polar surface area (TPSA) is 97.9 Å². The molecule has 9 heteroatoms. The molecule has 1 saturated heterocycles. The standard InChI is InChI=1S/C22H25N7O2/c1-14-23-6-5-19(26-14)28-11-15-9-16(13-28)18-4-3-17(22(31)29(18)12-15)21(30)25-10-20-24-7-8-27(20)2/h3-8,15-16H,9-13H2,1-2H3,(H,25,30)/t15-,16+/m0/s1. The van der Waals surface area contributed by atoms with Crippen LogP contribution >= 0.6 is 0 Å². The largest absolute Gasteiger partial charge is 0.355 e. The molecule has 1 N–H and O–H groups in total. The first-order valence-electron chi connectivity index (χ1n) is 10.5. The molecule has 0 aromatic carbocycles. The van der Waals surface area contributed by atoms with Crippen molar-refractivity contribution in [1.29, 1.82) is 0 Å². The normalized spacial score (nSPS) is 19.7. The van der Waals surface area contributed by atoms with Crippen molar-refractivity contribution < 1.29 is 4.79 Å². The van der Waals surface area contributed by atoms with Crippen molar-refractivity contribution in [3.63, 3.8) is 0 Å². The quantitative estimate of drug-likeness (QED) is 0.683. The van der Waals surface area contributed by atoms with E-state index in [-0.39, 0.29) is 29.5 Å². The lowest BCUT2D eigenvalue weighted by Crippen LogP contribution is -2.48. The minimum Gasteiger partial charge on any atom is -0.355 e. The third-order valence-electron chi connectivity index (χ3n) is 6.26. The first-order valence-corrected chi connectivity index (χ1v) is 10.5. The van der Waals surface area contributed by atoms with Crippen molar-refractivity contribution in [2.24, 2.45) is 13.0 Å². The zero-order valence-corrected chi connectivity index (χ0v) is 17.7. The summed E-state index contributed by atoms with van der Waals surface area (Å²) in [5.41, 5.74) is 0.967. The number of piperidine rings is 1. The molecule has 2 bridgehead atoms. The van der Waals surface area contributed by atoms with Gasteiger partial charge in [0.05, 0.1) is 6.54 Å². The Kier molecular flexibility index (Phi) is 4.80. The number of amides is 1. The van der Waals surface area contributed by atoms with E-state index in [2.05, 4.69) is 25.2 Å². The van der Waals surface area contributed by atoms with Crippen LogP contribution in [0.1, 0.15) is 40.0 Å². The molecule has 3 aromatic heterocycles. The molecule has 2 aliphatic rings. The molecule has 31 heavy (non-hydrogen) atoms. The second kappa shape index (κ2) is 7.64. The second-order valence-electron chi connectivity index (χ2n) is 8.39. The van der Waals surface area contributed by atoms with E-state index >= 15 is 0 Å². The second-order valence-corrected chi connectivity index (χ2v) is 8.39. The van der Waals surface area contributed by atoms with Crippen LogP contribution in [0.25, 0.3) is 0 Å². The van der Waals surface area contributed by atoms with Crippen molar-refractivity contribution in [2.45, 2.75) is 32.4 Å². The number of nitrogens with zero attached hydrogens (tertiary/aromatic N) is 6. The number of fused-ring (bicyclic) bond motifs is 4. The van der Waals surface area contributed by atoms with Gasteiger partial charge in [0, 0.05) is 56.9 Å². The zero-order chi connectivity index (χ0) is 21.5. The number of nitrogens with one attached hydrogen (secondary N) is 1. The van der Waals surface area contributed by atoms with Gasteiger partial charge in [-0.1, -0.05) is 0 Å². The fourth-order valence-corrected chi connectivity index (χ4v) is 4.75. The van der Waals surface area contributed by atoms with Crippen LogP contribution in [0.5, 0.6) is 0 Å². The van der Waals surface area contributed by atoms with E-state index in [0.29, 0.717) is 12.5 Å². The maximum absolute atomic E-state index is 13.2. The lowest BCUT2D eigenvalue weighted by molar-refractivity contribution is 0.0946. The van der Waals surface area contributed by atoms with Crippen LogP contribution in [-0.4, -0.2) is 43.1 Å². The van der Waals surface area contributed by atoms with Crippen LogP contribution in [0.4, 0.5) is 5.82 Å². The third kappa shape index (κ3) is 3.60. The lowest BCUT2D eigenvalue weighted by atomic mass is 9.83. The maximum atomic E-state index is 13.2. The number of carbonyl (C=O) groups is 1. The van der Waals surface area contributed by atoms with Gasteiger partial charge in [-0.2, -0.15) is 0 Å². The van der Waals surface area contributed by atoms with E-state index in [9.17, 15) is 9.59 Å². The molecule has 160 valence electrons. The third-order valence-corrected chi connectivity index (χ3v) is 6.26. The number of rotatable bonds is 4. The Morgan fingerprint density at radius 1 is 1.16 bits per heavy atom. The van der Waals surface area contributed by atoms with Crippen molar-refractivity contribution in [2.75, 3.05) is 18.0 Å². The summed E-state index contributed by atoms with van der Waals surface area (Å²) in [5.74, 6) is 2.64. The molecule has 1 fully saturated rings. The van der Waals surface area contributed by atoms with E-state index in [1.807, 2.05) is 36.9 Å². The van der Waals surface area contributed by atoms with Crippen LogP contribution < -0.4 is 15.8 Å². The Bertz CT molecular complexity index is 1200. The van der Waals surface area contributed by atoms with Gasteiger partial charge in [-0.25, -0.2) is 15.0 Å². The highest BCUT2D eigenvalue weighted by molar-refractivity contribution is 5.93. The molecule has 9 nitrogen and oxygen atoms in total. The van der Waals surface area contributed by atoms with Crippen molar-refractivity contribution in [3.05, 3.63) is 70.0 Å². The number of aromatic nitrogens is 5. The average Bonchev–Trinajstić information content (AvgIpc) is 3.17. The highest BCUT2D eigenvalue weighted by Gasteiger charge is 2.36. The zero-order valence-electron chi connectivity index (χ0n) is 17.7. The van der Waals surface area contributed by atoms with Gasteiger partial charge in [0.25, 0.3) is 11.5 Å². The summed E-state index contributed by atoms with van der Waals surface area (Å²) in [6.45, 7) is 4.43. The Morgan fingerprint density at radius 2 is 2.03 bits per heavy atom. The molecule has 1 amide bonds. The molecule has 2 aliphatic heterocycles. The Morgan fingerprint density at radius 3 is 2.81 bits per heavy atom. The molecule has 0 spiro atoms. The van der Waals surface area contributed by atoms with Gasteiger partial charge in [-0.3, -0.25) is 9.59 Å². The minimum atomic E-state index is -0.364. The molecule has 3 aromatic rings. The van der Waals surface area contributed by atoms with Gasteiger partial charge in [0.1, 0.15) is 23.0 Å². The predicted molar refractivity (Wildman–Crippen MR) is 115 cm³/mol. The first-order chi connectivity index (χ1) is 15.0. The minimum absolute atomic E-state index is 0.182. The molecule has 0 saturated carbocycles. The molecule has 0 radical (unpaired) electrons. The summed E-state index contributed by atoms with van der Waals surface area (Å²) in [5, 5.41) is 2.82. The molecular weight excluding hydrogens is 394 g/mol. The maximum Gasteiger partial charge on any atom is 0.263 e. The number of aryl methyl sites for hydroxylation is 2. The van der Waals surface area contributed by atoms with Crippen molar-refractivity contribution in [3.8, 4) is 0 Å². The number of pyridine rings is 1. The highest BCUT2D eigenvalue weighted by Crippen LogP contribution is 2.36. The van der Waals surface area contributed by atoms with E-state index in [1.165, 1.54) is 0 Å². The molecule has 2 atom stereocenters. The van der Waals surface area contributed by atoms with Gasteiger partial charge < -0.3 is 19.4 Å². The van der Waals surface area contributed by atoms with Crippen LogP contribution in [0, 0.1) is 12.8 Å². The van der Waals surface area contributed by atoms with E-state index < -0.39 is 0 Å². The Hall–Kier alpha value is -3.49. The predicted octanol–water partition coefficient (Wildman–Crippen LogP) is 1.23. The molecule has 5 heterocycles. The number of hydrogen-bond acceptors (Lipinski definition) is 6. The Labute approximate surface area is 179 Å². The fraction of sp³-hybridized carbons (Fsp3) is 0.409. The van der Waals surface area contributed by atoms with Gasteiger partial charge in [0.15, 0.2) is 0 Å². The first kappa shape index (κ1) is 19.5. The van der Waals surface area contributed by atoms with Crippen molar-refractivity contribution in [1.82, 2.24) is 29.4 Å². The fourth-order valence-electron chi connectivity index (χ4n) is 4.75. The van der Waals surface area contributed by atoms with Gasteiger partial charge in [0.2, 0.25) is 0 Å². The summed E-state index contributed by atoms with van der Waals surface area (Å²) < 4.78 is 3.64. The van der Waals surface area contributed by atoms with Gasteiger partial charge >= 0.3 is 0 Å². The number of imidazole rings is 1.